The van der Waals surface area contributed by atoms with Crippen LogP contribution < -0.4 is 0 Å². The molecule has 0 aliphatic carbocycles. The molecule has 0 saturated heterocycles. The molecule has 5 nitrogen and oxygen atoms in total. The predicted molar refractivity (Wildman–Crippen MR) is 224 cm³/mol. The van der Waals surface area contributed by atoms with E-state index in [2.05, 4.69) is 165 Å². The van der Waals surface area contributed by atoms with Crippen LogP contribution in [0.5, 0.6) is 0 Å². The van der Waals surface area contributed by atoms with Crippen LogP contribution >= 0.6 is 0 Å². The molecule has 55 heavy (non-hydrogen) atoms. The van der Waals surface area contributed by atoms with Crippen molar-refractivity contribution in [2.75, 3.05) is 0 Å². The molecular weight excluding hydrogens is 671 g/mol. The highest BCUT2D eigenvalue weighted by Crippen LogP contribution is 2.39. The zero-order valence-corrected chi connectivity index (χ0v) is 29.5. The van der Waals surface area contributed by atoms with Gasteiger partial charge in [-0.15, -0.1) is 0 Å². The lowest BCUT2D eigenvalue weighted by molar-refractivity contribution is 1.15. The van der Waals surface area contributed by atoms with E-state index in [0.717, 1.165) is 82.8 Å². The van der Waals surface area contributed by atoms with E-state index < -0.39 is 0 Å². The average molecular weight is 700 g/mol. The molecular formula is C50H29N5. The quantitative estimate of drug-likeness (QED) is 0.184. The molecule has 0 amide bonds. The summed E-state index contributed by atoms with van der Waals surface area (Å²) >= 11 is 0. The van der Waals surface area contributed by atoms with Crippen LogP contribution in [0.25, 0.3) is 93.6 Å². The second kappa shape index (κ2) is 11.8. The highest BCUT2D eigenvalue weighted by atomic mass is 15.0. The monoisotopic (exact) mass is 699 g/mol. The average Bonchev–Trinajstić information content (AvgIpc) is 3.88. The normalized spacial score (nSPS) is 11.6. The van der Waals surface area contributed by atoms with Crippen molar-refractivity contribution in [2.24, 2.45) is 0 Å². The number of nitrogens with zero attached hydrogens (tertiary/aromatic N) is 5. The molecule has 0 N–H and O–H groups in total. The Labute approximate surface area is 316 Å². The SMILES string of the molecule is N#Cc1ccc2c(c1)c1ccccc1n2-c1ccc(-c2ccc(-n3c4ccccc4c4ccc(-n5c6ccccc6c6ccccc65)cc43)c(C#N)c2)cc1. The molecule has 0 unspecified atom stereocenters. The lowest BCUT2D eigenvalue weighted by atomic mass is 10.0. The van der Waals surface area contributed by atoms with Crippen molar-refractivity contribution in [1.29, 1.82) is 10.5 Å². The Bertz CT molecular complexity index is 3400. The van der Waals surface area contributed by atoms with Gasteiger partial charge in [-0.05, 0) is 90.0 Å². The molecule has 5 heteroatoms. The Balaban J connectivity index is 1.04. The van der Waals surface area contributed by atoms with Gasteiger partial charge in [-0.3, -0.25) is 0 Å². The number of benzene rings is 8. The van der Waals surface area contributed by atoms with Gasteiger partial charge in [0, 0.05) is 43.7 Å². The van der Waals surface area contributed by atoms with Crippen LogP contribution in [0.3, 0.4) is 0 Å². The van der Waals surface area contributed by atoms with Crippen molar-refractivity contribution in [3.63, 3.8) is 0 Å². The first kappa shape index (κ1) is 30.7. The molecule has 0 saturated carbocycles. The molecule has 11 aromatic rings. The first-order valence-corrected chi connectivity index (χ1v) is 18.3. The molecule has 3 aromatic heterocycles. The minimum atomic E-state index is 0.599. The molecule has 0 aliphatic rings. The maximum absolute atomic E-state index is 10.7. The van der Waals surface area contributed by atoms with Gasteiger partial charge in [-0.25, -0.2) is 0 Å². The van der Waals surface area contributed by atoms with Gasteiger partial charge in [-0.1, -0.05) is 97.1 Å². The summed E-state index contributed by atoms with van der Waals surface area (Å²) in [7, 11) is 0. The number of rotatable bonds is 4. The summed E-state index contributed by atoms with van der Waals surface area (Å²) in [6.45, 7) is 0. The second-order valence-corrected chi connectivity index (χ2v) is 14.0. The second-order valence-electron chi connectivity index (χ2n) is 14.0. The number of hydrogen-bond acceptors (Lipinski definition) is 2. The molecule has 0 radical (unpaired) electrons. The maximum Gasteiger partial charge on any atom is 0.101 e. The van der Waals surface area contributed by atoms with Crippen molar-refractivity contribution >= 4 is 65.4 Å². The van der Waals surface area contributed by atoms with Crippen molar-refractivity contribution in [2.45, 2.75) is 0 Å². The number of hydrogen-bond donors (Lipinski definition) is 0. The Morgan fingerprint density at radius 1 is 0.327 bits per heavy atom. The van der Waals surface area contributed by atoms with Crippen molar-refractivity contribution in [1.82, 2.24) is 13.7 Å². The molecule has 0 fully saturated rings. The number of nitriles is 2. The van der Waals surface area contributed by atoms with Crippen LogP contribution in [-0.2, 0) is 0 Å². The van der Waals surface area contributed by atoms with Gasteiger partial charge in [0.05, 0.1) is 56.0 Å². The Kier molecular flexibility index (Phi) is 6.61. The molecule has 0 atom stereocenters. The van der Waals surface area contributed by atoms with Crippen LogP contribution in [0.4, 0.5) is 0 Å². The summed E-state index contributed by atoms with van der Waals surface area (Å²) < 4.78 is 6.83. The van der Waals surface area contributed by atoms with Gasteiger partial charge >= 0.3 is 0 Å². The third kappa shape index (κ3) is 4.51. The highest BCUT2D eigenvalue weighted by Gasteiger charge is 2.19. The Hall–Kier alpha value is -7.86. The molecule has 8 aromatic carbocycles. The Morgan fingerprint density at radius 3 is 1.42 bits per heavy atom. The number of fused-ring (bicyclic) bond motifs is 9. The van der Waals surface area contributed by atoms with E-state index in [0.29, 0.717) is 11.1 Å². The number of aromatic nitrogens is 3. The highest BCUT2D eigenvalue weighted by molar-refractivity contribution is 6.12. The van der Waals surface area contributed by atoms with Gasteiger partial charge in [-0.2, -0.15) is 10.5 Å². The van der Waals surface area contributed by atoms with Crippen molar-refractivity contribution < 1.29 is 0 Å². The van der Waals surface area contributed by atoms with E-state index in [1.165, 1.54) is 10.8 Å². The summed E-state index contributed by atoms with van der Waals surface area (Å²) in [6, 6.07) is 66.0. The van der Waals surface area contributed by atoms with Gasteiger partial charge < -0.3 is 13.7 Å². The van der Waals surface area contributed by atoms with E-state index in [-0.39, 0.29) is 0 Å². The fraction of sp³-hybridized carbons (Fsp3) is 0. The molecule has 3 heterocycles. The predicted octanol–water partition coefficient (Wildman–Crippen LogP) is 12.4. The van der Waals surface area contributed by atoms with Crippen LogP contribution in [0, 0.1) is 22.7 Å². The third-order valence-corrected chi connectivity index (χ3v) is 11.1. The Morgan fingerprint density at radius 2 is 0.818 bits per heavy atom. The van der Waals surface area contributed by atoms with Gasteiger partial charge in [0.2, 0.25) is 0 Å². The minimum Gasteiger partial charge on any atom is -0.309 e. The van der Waals surface area contributed by atoms with E-state index in [9.17, 15) is 10.5 Å². The van der Waals surface area contributed by atoms with Crippen molar-refractivity contribution in [3.8, 4) is 40.3 Å². The van der Waals surface area contributed by atoms with E-state index in [1.807, 2.05) is 36.4 Å². The van der Waals surface area contributed by atoms with Crippen LogP contribution in [0.1, 0.15) is 11.1 Å². The van der Waals surface area contributed by atoms with E-state index in [1.54, 1.807) is 0 Å². The van der Waals surface area contributed by atoms with Gasteiger partial charge in [0.25, 0.3) is 0 Å². The fourth-order valence-electron chi connectivity index (χ4n) is 8.68. The summed E-state index contributed by atoms with van der Waals surface area (Å²) in [4.78, 5) is 0. The molecule has 254 valence electrons. The fourth-order valence-corrected chi connectivity index (χ4v) is 8.68. The van der Waals surface area contributed by atoms with Crippen LogP contribution in [0.15, 0.2) is 176 Å². The topological polar surface area (TPSA) is 62.4 Å². The molecule has 0 spiro atoms. The minimum absolute atomic E-state index is 0.599. The first-order chi connectivity index (χ1) is 27.2. The number of para-hydroxylation sites is 4. The van der Waals surface area contributed by atoms with E-state index in [4.69, 9.17) is 0 Å². The lowest BCUT2D eigenvalue weighted by Gasteiger charge is -2.14. The van der Waals surface area contributed by atoms with Crippen LogP contribution in [0.2, 0.25) is 0 Å². The largest absolute Gasteiger partial charge is 0.309 e. The molecule has 0 bridgehead atoms. The summed E-state index contributed by atoms with van der Waals surface area (Å²) in [5.74, 6) is 0. The van der Waals surface area contributed by atoms with Gasteiger partial charge in [0.1, 0.15) is 6.07 Å². The molecule has 0 aliphatic heterocycles. The maximum atomic E-state index is 10.7. The van der Waals surface area contributed by atoms with Crippen LogP contribution in [-0.4, -0.2) is 13.7 Å². The lowest BCUT2D eigenvalue weighted by Crippen LogP contribution is -1.99. The summed E-state index contributed by atoms with van der Waals surface area (Å²) in [5.41, 5.74) is 12.7. The zero-order valence-electron chi connectivity index (χ0n) is 29.5. The first-order valence-electron chi connectivity index (χ1n) is 18.3. The summed E-state index contributed by atoms with van der Waals surface area (Å²) in [5, 5.41) is 27.1. The zero-order chi connectivity index (χ0) is 36.6. The molecule has 11 rings (SSSR count). The smallest absolute Gasteiger partial charge is 0.101 e. The van der Waals surface area contributed by atoms with Gasteiger partial charge in [0.15, 0.2) is 0 Å². The standard InChI is InChI=1S/C50H29N5/c51-30-32-17-25-49-43(27-32)41-12-4-7-15-47(41)53(49)36-21-18-33(19-22-36)34-20-26-44(35(28-34)31-52)55-48-16-8-3-11-40(48)42-24-23-37(29-50(42)55)54-45-13-5-1-9-38(45)39-10-2-6-14-46(39)54/h1-29H. The summed E-state index contributed by atoms with van der Waals surface area (Å²) in [6.07, 6.45) is 0. The van der Waals surface area contributed by atoms with E-state index >= 15 is 0 Å². The third-order valence-electron chi connectivity index (χ3n) is 11.1. The van der Waals surface area contributed by atoms with Crippen molar-refractivity contribution in [3.05, 3.63) is 187 Å².